The maximum absolute atomic E-state index is 4.50. The van der Waals surface area contributed by atoms with Gasteiger partial charge in [-0.1, -0.05) is 0 Å². The fourth-order valence-electron chi connectivity index (χ4n) is 4.70. The average Bonchev–Trinajstić information content (AvgIpc) is 2.57. The zero-order chi connectivity index (χ0) is 15.5. The summed E-state index contributed by atoms with van der Waals surface area (Å²) >= 11 is 8.99. The van der Waals surface area contributed by atoms with E-state index in [0.717, 1.165) is 11.3 Å². The van der Waals surface area contributed by atoms with Crippen molar-refractivity contribution < 1.29 is 0 Å². The van der Waals surface area contributed by atoms with Crippen molar-refractivity contribution in [2.24, 2.45) is 0 Å². The summed E-state index contributed by atoms with van der Waals surface area (Å²) in [5, 5.41) is 0. The first kappa shape index (κ1) is 17.4. The summed E-state index contributed by atoms with van der Waals surface area (Å²) in [6.45, 7) is 0. The molecule has 0 nitrogen and oxygen atoms in total. The molecule has 0 saturated heterocycles. The summed E-state index contributed by atoms with van der Waals surface area (Å²) in [7, 11) is 0. The first-order valence-electron chi connectivity index (χ1n) is 9.07. The van der Waals surface area contributed by atoms with Crippen molar-refractivity contribution in [1.29, 1.82) is 0 Å². The molecule has 124 valence electrons. The molecular weight excluding hydrogens is 419 g/mol. The molecule has 0 heterocycles. The summed E-state index contributed by atoms with van der Waals surface area (Å²) in [6.07, 6.45) is 15.6. The van der Waals surface area contributed by atoms with Gasteiger partial charge in [-0.25, -0.2) is 0 Å². The summed E-state index contributed by atoms with van der Waals surface area (Å²) in [4.78, 5) is 0. The van der Waals surface area contributed by atoms with E-state index in [1.165, 1.54) is 75.9 Å². The van der Waals surface area contributed by atoms with Crippen LogP contribution in [0.1, 0.15) is 69.8 Å². The summed E-state index contributed by atoms with van der Waals surface area (Å²) in [6, 6.07) is 11.2. The average molecular weight is 448 g/mol. The fraction of sp³-hybridized carbons (Fsp3) is 0.684. The molecule has 0 amide bonds. The van der Waals surface area contributed by atoms with Gasteiger partial charge in [0.05, 0.1) is 0 Å². The van der Waals surface area contributed by atoms with Gasteiger partial charge < -0.3 is 0 Å². The third-order valence-electron chi connectivity index (χ3n) is 5.97. The second kappa shape index (κ2) is 7.24. The van der Waals surface area contributed by atoms with Crippen molar-refractivity contribution >= 4 is 35.0 Å². The first-order chi connectivity index (χ1) is 10.6. The minimum absolute atomic E-state index is 0.878. The Kier molecular flexibility index (Phi) is 5.74. The normalized spacial score (nSPS) is 23.8. The molecule has 1 aromatic carbocycles. The molecule has 0 radical (unpaired) electrons. The fourth-order valence-corrected chi connectivity index (χ4v) is 16.2. The van der Waals surface area contributed by atoms with Crippen molar-refractivity contribution in [3.05, 3.63) is 35.9 Å². The minimum atomic E-state index is -2.06. The monoisotopic (exact) mass is 446 g/mol. The van der Waals surface area contributed by atoms with Crippen LogP contribution in [0.2, 0.25) is 0 Å². The van der Waals surface area contributed by atoms with E-state index in [9.17, 15) is 0 Å². The third-order valence-corrected chi connectivity index (χ3v) is 19.4. The van der Waals surface area contributed by atoms with Crippen LogP contribution in [0.3, 0.4) is 0 Å². The Morgan fingerprint density at radius 2 is 1.18 bits per heavy atom. The van der Waals surface area contributed by atoms with Crippen molar-refractivity contribution in [2.45, 2.75) is 81.7 Å². The van der Waals surface area contributed by atoms with Crippen LogP contribution in [0.4, 0.5) is 0 Å². The number of benzene rings is 1. The van der Waals surface area contributed by atoms with Crippen LogP contribution in [0.15, 0.2) is 30.3 Å². The molecule has 2 aliphatic carbocycles. The van der Waals surface area contributed by atoms with Gasteiger partial charge in [0.1, 0.15) is 0 Å². The van der Waals surface area contributed by atoms with Crippen molar-refractivity contribution in [3.63, 3.8) is 0 Å². The standard InChI is InChI=1S/C19H29Br2P/c20-22(21,18-12-6-2-7-13-18,19-14-8-3-9-15-19)16-17-10-4-1-5-11-17/h1,4-5,10-11,18-19H,2-3,6-9,12-16H2. The summed E-state index contributed by atoms with van der Waals surface area (Å²) in [5.41, 5.74) is 3.27. The van der Waals surface area contributed by atoms with Crippen LogP contribution < -0.4 is 0 Å². The van der Waals surface area contributed by atoms with Crippen molar-refractivity contribution in [2.75, 3.05) is 0 Å². The molecule has 0 N–H and O–H groups in total. The molecule has 2 aliphatic rings. The SMILES string of the molecule is BrP(Br)(Cc1ccccc1)(C1CCCCC1)C1CCCCC1. The van der Waals surface area contributed by atoms with Gasteiger partial charge in [-0.3, -0.25) is 0 Å². The maximum atomic E-state index is 4.50. The van der Waals surface area contributed by atoms with E-state index < -0.39 is 4.01 Å². The number of hydrogen-bond donors (Lipinski definition) is 0. The van der Waals surface area contributed by atoms with E-state index in [4.69, 9.17) is 0 Å². The molecule has 0 aromatic heterocycles. The number of rotatable bonds is 4. The second-order valence-electron chi connectivity index (χ2n) is 7.43. The van der Waals surface area contributed by atoms with Gasteiger partial charge in [-0.05, 0) is 0 Å². The molecule has 0 spiro atoms. The zero-order valence-electron chi connectivity index (χ0n) is 13.5. The van der Waals surface area contributed by atoms with E-state index in [1.54, 1.807) is 0 Å². The van der Waals surface area contributed by atoms with E-state index in [-0.39, 0.29) is 0 Å². The molecule has 0 atom stereocenters. The third kappa shape index (κ3) is 3.65. The molecular formula is C19H29Br2P. The summed E-state index contributed by atoms with van der Waals surface area (Å²) < 4.78 is -2.06. The molecule has 1 aromatic rings. The van der Waals surface area contributed by atoms with E-state index >= 15 is 0 Å². The van der Waals surface area contributed by atoms with E-state index in [0.29, 0.717) is 0 Å². The molecule has 3 heteroatoms. The summed E-state index contributed by atoms with van der Waals surface area (Å²) in [5.74, 6) is 0. The quantitative estimate of drug-likeness (QED) is 0.409. The Balaban J connectivity index is 1.92. The van der Waals surface area contributed by atoms with Gasteiger partial charge in [0.15, 0.2) is 0 Å². The van der Waals surface area contributed by atoms with Gasteiger partial charge in [0, 0.05) is 0 Å². The first-order valence-corrected chi connectivity index (χ1v) is 15.7. The Morgan fingerprint density at radius 3 is 1.64 bits per heavy atom. The van der Waals surface area contributed by atoms with Gasteiger partial charge in [0.2, 0.25) is 0 Å². The predicted molar refractivity (Wildman–Crippen MR) is 109 cm³/mol. The predicted octanol–water partition coefficient (Wildman–Crippen LogP) is 8.03. The van der Waals surface area contributed by atoms with Crippen LogP contribution >= 0.6 is 35.0 Å². The van der Waals surface area contributed by atoms with E-state index in [2.05, 4.69) is 61.3 Å². The van der Waals surface area contributed by atoms with E-state index in [1.807, 2.05) is 0 Å². The van der Waals surface area contributed by atoms with Crippen LogP contribution in [0.25, 0.3) is 0 Å². The van der Waals surface area contributed by atoms with Crippen LogP contribution in [0.5, 0.6) is 0 Å². The number of halogens is 2. The molecule has 0 bridgehead atoms. The van der Waals surface area contributed by atoms with Gasteiger partial charge in [-0.2, -0.15) is 0 Å². The van der Waals surface area contributed by atoms with Gasteiger partial charge in [0.25, 0.3) is 0 Å². The zero-order valence-corrected chi connectivity index (χ0v) is 17.6. The molecule has 2 fully saturated rings. The van der Waals surface area contributed by atoms with Crippen LogP contribution in [-0.2, 0) is 6.16 Å². The Morgan fingerprint density at radius 1 is 0.727 bits per heavy atom. The second-order valence-corrected chi connectivity index (χ2v) is 24.5. The Bertz CT molecular complexity index is 451. The number of hydrogen-bond acceptors (Lipinski definition) is 0. The van der Waals surface area contributed by atoms with Gasteiger partial charge in [-0.15, -0.1) is 0 Å². The molecule has 0 aliphatic heterocycles. The van der Waals surface area contributed by atoms with Crippen molar-refractivity contribution in [3.8, 4) is 0 Å². The molecule has 3 rings (SSSR count). The Hall–Kier alpha value is 0.610. The van der Waals surface area contributed by atoms with Crippen LogP contribution in [-0.4, -0.2) is 11.3 Å². The molecule has 2 saturated carbocycles. The molecule has 0 unspecified atom stereocenters. The molecule has 22 heavy (non-hydrogen) atoms. The Labute approximate surface area is 152 Å². The van der Waals surface area contributed by atoms with Crippen molar-refractivity contribution in [1.82, 2.24) is 0 Å². The van der Waals surface area contributed by atoms with Crippen LogP contribution in [0, 0.1) is 0 Å². The topological polar surface area (TPSA) is 0 Å². The van der Waals surface area contributed by atoms with Gasteiger partial charge >= 0.3 is 153 Å².